The first-order valence-electron chi connectivity index (χ1n) is 6.39. The quantitative estimate of drug-likeness (QED) is 0.768. The summed E-state index contributed by atoms with van der Waals surface area (Å²) in [5, 5.41) is 2.69. The minimum absolute atomic E-state index is 0.0231. The molecule has 0 aromatic carbocycles. The van der Waals surface area contributed by atoms with Gasteiger partial charge < -0.3 is 10.2 Å². The van der Waals surface area contributed by atoms with Crippen LogP contribution in [0, 0.1) is 0 Å². The van der Waals surface area contributed by atoms with Gasteiger partial charge in [-0.2, -0.15) is 0 Å². The second-order valence-corrected chi connectivity index (χ2v) is 7.78. The van der Waals surface area contributed by atoms with E-state index in [0.29, 0.717) is 19.4 Å². The van der Waals surface area contributed by atoms with Crippen molar-refractivity contribution in [2.24, 2.45) is 0 Å². The summed E-state index contributed by atoms with van der Waals surface area (Å²) in [5.41, 5.74) is -0.923. The molecular weight excluding hydrogens is 268 g/mol. The molecular formula is C12H22N2O4S. The van der Waals surface area contributed by atoms with E-state index in [1.165, 1.54) is 11.2 Å². The first kappa shape index (κ1) is 15.9. The Hall–Kier alpha value is -1.11. The molecule has 19 heavy (non-hydrogen) atoms. The van der Waals surface area contributed by atoms with Crippen molar-refractivity contribution in [3.05, 3.63) is 0 Å². The summed E-state index contributed by atoms with van der Waals surface area (Å²) in [5.74, 6) is -0.311. The van der Waals surface area contributed by atoms with Crippen molar-refractivity contribution in [1.29, 1.82) is 0 Å². The van der Waals surface area contributed by atoms with Gasteiger partial charge in [0.05, 0.1) is 5.75 Å². The van der Waals surface area contributed by atoms with E-state index in [4.69, 9.17) is 0 Å². The molecule has 1 aliphatic rings. The molecule has 0 aliphatic carbocycles. The molecule has 0 saturated carbocycles. The Morgan fingerprint density at radius 2 is 1.89 bits per heavy atom. The van der Waals surface area contributed by atoms with Crippen LogP contribution in [0.5, 0.6) is 0 Å². The van der Waals surface area contributed by atoms with E-state index in [1.807, 2.05) is 6.92 Å². The van der Waals surface area contributed by atoms with Crippen LogP contribution in [0.25, 0.3) is 0 Å². The summed E-state index contributed by atoms with van der Waals surface area (Å²) < 4.78 is 22.2. The zero-order valence-electron chi connectivity index (χ0n) is 11.9. The zero-order valence-corrected chi connectivity index (χ0v) is 12.7. The second-order valence-electron chi connectivity index (χ2n) is 5.52. The largest absolute Gasteiger partial charge is 0.340 e. The van der Waals surface area contributed by atoms with Gasteiger partial charge in [-0.05, 0) is 26.7 Å². The van der Waals surface area contributed by atoms with E-state index >= 15 is 0 Å². The van der Waals surface area contributed by atoms with Crippen LogP contribution < -0.4 is 5.32 Å². The predicted octanol–water partition coefficient (Wildman–Crippen LogP) is -0.0633. The standard InChI is InChI=1S/C12H22N2O4S/c1-5-9-10(15)13-12(2,3)11(16)14(9)7-6-8-19(4,17)18/h9H,5-8H2,1-4H3,(H,13,15). The highest BCUT2D eigenvalue weighted by Crippen LogP contribution is 2.20. The summed E-state index contributed by atoms with van der Waals surface area (Å²) in [6.45, 7) is 5.44. The van der Waals surface area contributed by atoms with Gasteiger partial charge in [0.1, 0.15) is 21.4 Å². The molecule has 6 nitrogen and oxygen atoms in total. The molecule has 1 rings (SSSR count). The van der Waals surface area contributed by atoms with Crippen LogP contribution in [0.3, 0.4) is 0 Å². The molecule has 7 heteroatoms. The molecule has 1 saturated heterocycles. The normalized spacial score (nSPS) is 23.4. The summed E-state index contributed by atoms with van der Waals surface area (Å²) >= 11 is 0. The third-order valence-electron chi connectivity index (χ3n) is 3.21. The summed E-state index contributed by atoms with van der Waals surface area (Å²) in [4.78, 5) is 25.7. The smallest absolute Gasteiger partial charge is 0.248 e. The Kier molecular flexibility index (Phi) is 4.60. The van der Waals surface area contributed by atoms with E-state index in [2.05, 4.69) is 5.32 Å². The number of hydrogen-bond acceptors (Lipinski definition) is 4. The monoisotopic (exact) mass is 290 g/mol. The number of hydrogen-bond donors (Lipinski definition) is 1. The molecule has 1 atom stereocenters. The van der Waals surface area contributed by atoms with Crippen LogP contribution in [0.4, 0.5) is 0 Å². The van der Waals surface area contributed by atoms with E-state index in [0.717, 1.165) is 0 Å². The van der Waals surface area contributed by atoms with Gasteiger partial charge in [0.15, 0.2) is 0 Å². The van der Waals surface area contributed by atoms with Crippen molar-refractivity contribution in [3.63, 3.8) is 0 Å². The van der Waals surface area contributed by atoms with Gasteiger partial charge in [-0.1, -0.05) is 6.92 Å². The summed E-state index contributed by atoms with van der Waals surface area (Å²) in [6, 6.07) is -0.500. The summed E-state index contributed by atoms with van der Waals surface area (Å²) in [6.07, 6.45) is 2.04. The van der Waals surface area contributed by atoms with Crippen molar-refractivity contribution in [2.75, 3.05) is 18.6 Å². The molecule has 0 aromatic rings. The predicted molar refractivity (Wildman–Crippen MR) is 72.3 cm³/mol. The SMILES string of the molecule is CCC1C(=O)NC(C)(C)C(=O)N1CCCS(C)(=O)=O. The number of carbonyl (C=O) groups is 2. The average Bonchev–Trinajstić information content (AvgIpc) is 2.23. The number of rotatable bonds is 5. The molecule has 1 aliphatic heterocycles. The fourth-order valence-electron chi connectivity index (χ4n) is 2.25. The van der Waals surface area contributed by atoms with Crippen LogP contribution >= 0.6 is 0 Å². The number of nitrogens with zero attached hydrogens (tertiary/aromatic N) is 1. The minimum atomic E-state index is -3.05. The highest BCUT2D eigenvalue weighted by Gasteiger charge is 2.44. The van der Waals surface area contributed by atoms with E-state index in [-0.39, 0.29) is 17.6 Å². The highest BCUT2D eigenvalue weighted by atomic mass is 32.2. The molecule has 1 heterocycles. The van der Waals surface area contributed by atoms with Gasteiger partial charge >= 0.3 is 0 Å². The van der Waals surface area contributed by atoms with E-state index in [1.54, 1.807) is 13.8 Å². The Bertz CT molecular complexity index is 470. The number of sulfone groups is 1. The lowest BCUT2D eigenvalue weighted by Crippen LogP contribution is -2.68. The van der Waals surface area contributed by atoms with Gasteiger partial charge in [0.25, 0.3) is 0 Å². The average molecular weight is 290 g/mol. The topological polar surface area (TPSA) is 83.6 Å². The van der Waals surface area contributed by atoms with Crippen molar-refractivity contribution < 1.29 is 18.0 Å². The molecule has 1 unspecified atom stereocenters. The van der Waals surface area contributed by atoms with Gasteiger partial charge in [0, 0.05) is 12.8 Å². The van der Waals surface area contributed by atoms with Crippen LogP contribution in [0.15, 0.2) is 0 Å². The van der Waals surface area contributed by atoms with E-state index in [9.17, 15) is 18.0 Å². The molecule has 0 bridgehead atoms. The Morgan fingerprint density at radius 1 is 1.32 bits per heavy atom. The number of amides is 2. The van der Waals surface area contributed by atoms with Crippen LogP contribution in [-0.4, -0.2) is 55.3 Å². The molecule has 0 radical (unpaired) electrons. The fraction of sp³-hybridized carbons (Fsp3) is 0.833. The van der Waals surface area contributed by atoms with Crippen LogP contribution in [0.1, 0.15) is 33.6 Å². The van der Waals surface area contributed by atoms with Crippen LogP contribution in [-0.2, 0) is 19.4 Å². The maximum Gasteiger partial charge on any atom is 0.248 e. The molecule has 1 N–H and O–H groups in total. The number of nitrogens with one attached hydrogen (secondary N) is 1. The second kappa shape index (κ2) is 5.48. The Labute approximate surface area is 114 Å². The summed E-state index contributed by atoms with van der Waals surface area (Å²) in [7, 11) is -3.05. The third-order valence-corrected chi connectivity index (χ3v) is 4.24. The first-order valence-corrected chi connectivity index (χ1v) is 8.45. The highest BCUT2D eigenvalue weighted by molar-refractivity contribution is 7.90. The molecule has 1 fully saturated rings. The molecule has 110 valence electrons. The van der Waals surface area contributed by atoms with E-state index < -0.39 is 21.4 Å². The van der Waals surface area contributed by atoms with Gasteiger partial charge in [0.2, 0.25) is 11.8 Å². The lowest BCUT2D eigenvalue weighted by molar-refractivity contribution is -0.153. The first-order chi connectivity index (χ1) is 8.58. The van der Waals surface area contributed by atoms with Gasteiger partial charge in [-0.25, -0.2) is 8.42 Å². The van der Waals surface area contributed by atoms with Crippen LogP contribution in [0.2, 0.25) is 0 Å². The van der Waals surface area contributed by atoms with Crippen molar-refractivity contribution >= 4 is 21.7 Å². The lowest BCUT2D eigenvalue weighted by atomic mass is 9.95. The number of piperazine rings is 1. The molecule has 2 amide bonds. The van der Waals surface area contributed by atoms with Crippen molar-refractivity contribution in [2.45, 2.75) is 45.2 Å². The van der Waals surface area contributed by atoms with Crippen molar-refractivity contribution in [1.82, 2.24) is 10.2 Å². The van der Waals surface area contributed by atoms with Gasteiger partial charge in [-0.3, -0.25) is 9.59 Å². The third kappa shape index (κ3) is 3.92. The molecule has 0 spiro atoms. The Balaban J connectivity index is 2.80. The fourth-order valence-corrected chi connectivity index (χ4v) is 2.90. The maximum atomic E-state index is 12.3. The Morgan fingerprint density at radius 3 is 2.37 bits per heavy atom. The van der Waals surface area contributed by atoms with Gasteiger partial charge in [-0.15, -0.1) is 0 Å². The minimum Gasteiger partial charge on any atom is -0.340 e. The zero-order chi connectivity index (χ0) is 14.8. The molecule has 0 aromatic heterocycles. The van der Waals surface area contributed by atoms with Crippen molar-refractivity contribution in [3.8, 4) is 0 Å². The lowest BCUT2D eigenvalue weighted by Gasteiger charge is -2.42. The number of carbonyl (C=O) groups excluding carboxylic acids is 2. The maximum absolute atomic E-state index is 12.3.